The highest BCUT2D eigenvalue weighted by Crippen LogP contribution is 2.36. The highest BCUT2D eigenvalue weighted by atomic mass is 32.2. The van der Waals surface area contributed by atoms with Crippen LogP contribution in [0.1, 0.15) is 4.88 Å². The van der Waals surface area contributed by atoms with Gasteiger partial charge in [0.15, 0.2) is 11.5 Å². The molecule has 0 unspecified atom stereocenters. The number of aryl methyl sites for hydroxylation is 1. The van der Waals surface area contributed by atoms with E-state index in [2.05, 4.69) is 4.90 Å². The molecule has 6 nitrogen and oxygen atoms in total. The lowest BCUT2D eigenvalue weighted by molar-refractivity contribution is 0.174. The van der Waals surface area contributed by atoms with Gasteiger partial charge in [0.25, 0.3) is 10.0 Å². The molecule has 0 bridgehead atoms. The third kappa shape index (κ3) is 2.74. The first-order valence-corrected chi connectivity index (χ1v) is 10.0. The van der Waals surface area contributed by atoms with Crippen LogP contribution >= 0.6 is 11.3 Å². The first-order valence-electron chi connectivity index (χ1n) is 7.75. The van der Waals surface area contributed by atoms with E-state index in [1.54, 1.807) is 10.4 Å². The van der Waals surface area contributed by atoms with Crippen LogP contribution in [0.2, 0.25) is 0 Å². The molecule has 0 aliphatic carbocycles. The van der Waals surface area contributed by atoms with Crippen molar-refractivity contribution in [1.82, 2.24) is 4.31 Å². The van der Waals surface area contributed by atoms with E-state index >= 15 is 0 Å². The number of fused-ring (bicyclic) bond motifs is 1. The lowest BCUT2D eigenvalue weighted by atomic mass is 10.2. The van der Waals surface area contributed by atoms with Crippen LogP contribution in [0.4, 0.5) is 5.69 Å². The molecule has 4 rings (SSSR count). The average molecular weight is 366 g/mol. The summed E-state index contributed by atoms with van der Waals surface area (Å²) in [5, 5.41) is 0. The van der Waals surface area contributed by atoms with Gasteiger partial charge >= 0.3 is 0 Å². The Morgan fingerprint density at radius 1 is 1.00 bits per heavy atom. The minimum atomic E-state index is -3.38. The van der Waals surface area contributed by atoms with Gasteiger partial charge in [-0.25, -0.2) is 8.42 Å². The Morgan fingerprint density at radius 2 is 1.75 bits per heavy atom. The van der Waals surface area contributed by atoms with Crippen LogP contribution in [0.25, 0.3) is 0 Å². The first kappa shape index (κ1) is 15.7. The number of rotatable bonds is 3. The molecule has 8 heteroatoms. The Bertz CT molecular complexity index is 855. The molecular formula is C16H18N2O4S2. The minimum absolute atomic E-state index is 0.255. The zero-order valence-electron chi connectivity index (χ0n) is 13.3. The maximum atomic E-state index is 12.7. The van der Waals surface area contributed by atoms with Gasteiger partial charge in [-0.05, 0) is 31.2 Å². The van der Waals surface area contributed by atoms with Crippen molar-refractivity contribution >= 4 is 27.0 Å². The normalized spacial score (nSPS) is 18.1. The zero-order valence-corrected chi connectivity index (χ0v) is 14.9. The maximum absolute atomic E-state index is 12.7. The summed E-state index contributed by atoms with van der Waals surface area (Å²) < 4.78 is 38.1. The molecule has 2 aliphatic heterocycles. The lowest BCUT2D eigenvalue weighted by Crippen LogP contribution is -2.48. The number of benzene rings is 1. The third-order valence-electron chi connectivity index (χ3n) is 4.27. The number of piperazine rings is 1. The molecule has 24 heavy (non-hydrogen) atoms. The van der Waals surface area contributed by atoms with E-state index in [0.717, 1.165) is 22.1 Å². The second-order valence-corrected chi connectivity index (χ2v) is 9.25. The molecule has 2 aliphatic rings. The van der Waals surface area contributed by atoms with Gasteiger partial charge in [0.2, 0.25) is 6.79 Å². The molecule has 0 spiro atoms. The van der Waals surface area contributed by atoms with Gasteiger partial charge in [-0.2, -0.15) is 4.31 Å². The van der Waals surface area contributed by atoms with Gasteiger partial charge in [0, 0.05) is 42.8 Å². The molecule has 1 aromatic heterocycles. The summed E-state index contributed by atoms with van der Waals surface area (Å²) in [7, 11) is -3.38. The fourth-order valence-electron chi connectivity index (χ4n) is 2.95. The largest absolute Gasteiger partial charge is 0.454 e. The predicted molar refractivity (Wildman–Crippen MR) is 92.6 cm³/mol. The van der Waals surface area contributed by atoms with E-state index < -0.39 is 10.0 Å². The molecule has 0 amide bonds. The Morgan fingerprint density at radius 3 is 2.46 bits per heavy atom. The van der Waals surface area contributed by atoms with Gasteiger partial charge in [0.1, 0.15) is 4.21 Å². The van der Waals surface area contributed by atoms with Crippen molar-refractivity contribution in [2.24, 2.45) is 0 Å². The summed E-state index contributed by atoms with van der Waals surface area (Å²) in [6, 6.07) is 9.38. The second kappa shape index (κ2) is 5.94. The average Bonchev–Trinajstić information content (AvgIpc) is 3.23. The quantitative estimate of drug-likeness (QED) is 0.834. The molecule has 3 heterocycles. The van der Waals surface area contributed by atoms with Gasteiger partial charge < -0.3 is 14.4 Å². The fraction of sp³-hybridized carbons (Fsp3) is 0.375. The smallest absolute Gasteiger partial charge is 0.252 e. The Hall–Kier alpha value is -1.77. The van der Waals surface area contributed by atoms with E-state index in [9.17, 15) is 8.42 Å². The van der Waals surface area contributed by atoms with Crippen molar-refractivity contribution in [3.8, 4) is 11.5 Å². The Balaban J connectivity index is 1.47. The first-order chi connectivity index (χ1) is 11.5. The van der Waals surface area contributed by atoms with Crippen LogP contribution in [0, 0.1) is 6.92 Å². The summed E-state index contributed by atoms with van der Waals surface area (Å²) in [5.41, 5.74) is 1.03. The molecule has 1 saturated heterocycles. The molecule has 1 fully saturated rings. The lowest BCUT2D eigenvalue weighted by Gasteiger charge is -2.35. The van der Waals surface area contributed by atoms with Crippen molar-refractivity contribution in [3.05, 3.63) is 35.2 Å². The van der Waals surface area contributed by atoms with Crippen LogP contribution in [-0.4, -0.2) is 45.7 Å². The summed E-state index contributed by atoms with van der Waals surface area (Å²) in [4.78, 5) is 3.18. The van der Waals surface area contributed by atoms with E-state index in [1.807, 2.05) is 31.2 Å². The summed E-state index contributed by atoms with van der Waals surface area (Å²) in [5.74, 6) is 1.50. The van der Waals surface area contributed by atoms with Crippen LogP contribution < -0.4 is 14.4 Å². The number of hydrogen-bond acceptors (Lipinski definition) is 6. The number of thiophene rings is 1. The van der Waals surface area contributed by atoms with Crippen LogP contribution in [0.3, 0.4) is 0 Å². The van der Waals surface area contributed by atoms with Crippen molar-refractivity contribution in [2.45, 2.75) is 11.1 Å². The van der Waals surface area contributed by atoms with Crippen LogP contribution in [0.15, 0.2) is 34.5 Å². The number of anilines is 1. The van der Waals surface area contributed by atoms with Crippen molar-refractivity contribution in [1.29, 1.82) is 0 Å². The molecule has 2 aromatic rings. The number of hydrogen-bond donors (Lipinski definition) is 0. The SMILES string of the molecule is Cc1ccc(S(=O)(=O)N2CCN(c3ccc4c(c3)OCO4)CC2)s1. The molecule has 0 saturated carbocycles. The molecule has 1 aromatic carbocycles. The van der Waals surface area contributed by atoms with Crippen molar-refractivity contribution in [3.63, 3.8) is 0 Å². The monoisotopic (exact) mass is 366 g/mol. The van der Waals surface area contributed by atoms with Crippen molar-refractivity contribution in [2.75, 3.05) is 37.9 Å². The Labute approximate surface area is 145 Å². The fourth-order valence-corrected chi connectivity index (χ4v) is 5.81. The van der Waals surface area contributed by atoms with E-state index in [1.165, 1.54) is 11.3 Å². The Kier molecular flexibility index (Phi) is 3.90. The zero-order chi connectivity index (χ0) is 16.7. The van der Waals surface area contributed by atoms with Gasteiger partial charge in [-0.1, -0.05) is 0 Å². The number of nitrogens with zero attached hydrogens (tertiary/aromatic N) is 2. The predicted octanol–water partition coefficient (Wildman–Crippen LogP) is 2.30. The minimum Gasteiger partial charge on any atom is -0.454 e. The number of sulfonamides is 1. The molecular weight excluding hydrogens is 348 g/mol. The van der Waals surface area contributed by atoms with Gasteiger partial charge in [-0.15, -0.1) is 11.3 Å². The van der Waals surface area contributed by atoms with Crippen molar-refractivity contribution < 1.29 is 17.9 Å². The van der Waals surface area contributed by atoms with E-state index in [-0.39, 0.29) is 6.79 Å². The van der Waals surface area contributed by atoms with Gasteiger partial charge in [0.05, 0.1) is 0 Å². The van der Waals surface area contributed by atoms with E-state index in [4.69, 9.17) is 9.47 Å². The highest BCUT2D eigenvalue weighted by Gasteiger charge is 2.30. The summed E-state index contributed by atoms with van der Waals surface area (Å²) >= 11 is 1.33. The molecule has 128 valence electrons. The highest BCUT2D eigenvalue weighted by molar-refractivity contribution is 7.91. The molecule has 0 atom stereocenters. The molecule has 0 radical (unpaired) electrons. The maximum Gasteiger partial charge on any atom is 0.252 e. The third-order valence-corrected chi connectivity index (χ3v) is 7.64. The topological polar surface area (TPSA) is 59.1 Å². The van der Waals surface area contributed by atoms with E-state index in [0.29, 0.717) is 30.4 Å². The summed E-state index contributed by atoms with van der Waals surface area (Å²) in [6.45, 7) is 4.44. The van der Waals surface area contributed by atoms with Crippen LogP contribution in [-0.2, 0) is 10.0 Å². The van der Waals surface area contributed by atoms with Crippen LogP contribution in [0.5, 0.6) is 11.5 Å². The second-order valence-electron chi connectivity index (χ2n) is 5.79. The number of ether oxygens (including phenoxy) is 2. The molecule has 0 N–H and O–H groups in total. The summed E-state index contributed by atoms with van der Waals surface area (Å²) in [6.07, 6.45) is 0. The standard InChI is InChI=1S/C16H18N2O4S2/c1-12-2-5-16(23-12)24(19,20)18-8-6-17(7-9-18)13-3-4-14-15(10-13)22-11-21-14/h2-5,10H,6-9,11H2,1H3. The van der Waals surface area contributed by atoms with Gasteiger partial charge in [-0.3, -0.25) is 0 Å².